The molecule has 21 heavy (non-hydrogen) atoms. The van der Waals surface area contributed by atoms with Crippen molar-refractivity contribution in [1.29, 1.82) is 0 Å². The topological polar surface area (TPSA) is 58.2 Å². The summed E-state index contributed by atoms with van der Waals surface area (Å²) in [6, 6.07) is 7.56. The number of anilines is 1. The molecule has 0 bridgehead atoms. The van der Waals surface area contributed by atoms with Gasteiger partial charge in [0.25, 0.3) is 5.91 Å². The minimum Gasteiger partial charge on any atom is -0.349 e. The van der Waals surface area contributed by atoms with E-state index in [9.17, 15) is 9.59 Å². The van der Waals surface area contributed by atoms with Gasteiger partial charge in [-0.15, -0.1) is 0 Å². The zero-order valence-corrected chi connectivity index (χ0v) is 12.2. The Labute approximate surface area is 125 Å². The van der Waals surface area contributed by atoms with Crippen LogP contribution in [-0.4, -0.2) is 17.9 Å². The fourth-order valence-corrected chi connectivity index (χ4v) is 2.96. The first kappa shape index (κ1) is 14.1. The predicted molar refractivity (Wildman–Crippen MR) is 82.1 cm³/mol. The summed E-state index contributed by atoms with van der Waals surface area (Å²) in [5, 5.41) is 5.88. The molecule has 0 heterocycles. The van der Waals surface area contributed by atoms with Gasteiger partial charge in [-0.1, -0.05) is 25.0 Å². The van der Waals surface area contributed by atoms with Gasteiger partial charge in [-0.3, -0.25) is 9.59 Å². The van der Waals surface area contributed by atoms with Gasteiger partial charge in [-0.25, -0.2) is 0 Å². The lowest BCUT2D eigenvalue weighted by molar-refractivity contribution is -0.117. The molecule has 112 valence electrons. The SMILES string of the molecule is O=C(CC1CCCC1)Nc1ccccc1C(=O)NC1CC1. The molecule has 0 aliphatic heterocycles. The minimum atomic E-state index is -0.0886. The second kappa shape index (κ2) is 6.29. The van der Waals surface area contributed by atoms with E-state index in [1.807, 2.05) is 12.1 Å². The summed E-state index contributed by atoms with van der Waals surface area (Å²) in [7, 11) is 0. The van der Waals surface area contributed by atoms with Crippen molar-refractivity contribution in [3.8, 4) is 0 Å². The van der Waals surface area contributed by atoms with E-state index >= 15 is 0 Å². The predicted octanol–water partition coefficient (Wildman–Crippen LogP) is 3.10. The molecule has 0 atom stereocenters. The summed E-state index contributed by atoms with van der Waals surface area (Å²) < 4.78 is 0. The highest BCUT2D eigenvalue weighted by atomic mass is 16.2. The molecule has 2 aliphatic rings. The Morgan fingerprint density at radius 1 is 1.05 bits per heavy atom. The van der Waals surface area contributed by atoms with Crippen LogP contribution in [0.5, 0.6) is 0 Å². The van der Waals surface area contributed by atoms with Gasteiger partial charge in [0.1, 0.15) is 0 Å². The Morgan fingerprint density at radius 2 is 1.76 bits per heavy atom. The largest absolute Gasteiger partial charge is 0.349 e. The van der Waals surface area contributed by atoms with Crippen LogP contribution in [0.4, 0.5) is 5.69 Å². The number of nitrogens with one attached hydrogen (secondary N) is 2. The van der Waals surface area contributed by atoms with Gasteiger partial charge in [0.05, 0.1) is 11.3 Å². The molecule has 2 amide bonds. The maximum Gasteiger partial charge on any atom is 0.253 e. The van der Waals surface area contributed by atoms with Crippen molar-refractivity contribution in [2.45, 2.75) is 51.0 Å². The lowest BCUT2D eigenvalue weighted by Crippen LogP contribution is -2.27. The van der Waals surface area contributed by atoms with E-state index in [1.165, 1.54) is 12.8 Å². The van der Waals surface area contributed by atoms with Crippen molar-refractivity contribution in [2.75, 3.05) is 5.32 Å². The molecular formula is C17H22N2O2. The normalized spacial score (nSPS) is 18.5. The summed E-state index contributed by atoms with van der Waals surface area (Å²) in [6.07, 6.45) is 7.45. The fourth-order valence-electron chi connectivity index (χ4n) is 2.96. The summed E-state index contributed by atoms with van der Waals surface area (Å²) in [5.74, 6) is 0.445. The molecule has 0 aromatic heterocycles. The van der Waals surface area contributed by atoms with Crippen molar-refractivity contribution in [2.24, 2.45) is 5.92 Å². The molecule has 2 N–H and O–H groups in total. The number of para-hydroxylation sites is 1. The van der Waals surface area contributed by atoms with Crippen molar-refractivity contribution in [3.05, 3.63) is 29.8 Å². The van der Waals surface area contributed by atoms with Crippen LogP contribution in [0, 0.1) is 5.92 Å². The zero-order chi connectivity index (χ0) is 14.7. The Morgan fingerprint density at radius 3 is 2.48 bits per heavy atom. The third-order valence-corrected chi connectivity index (χ3v) is 4.31. The molecular weight excluding hydrogens is 264 g/mol. The molecule has 0 spiro atoms. The van der Waals surface area contributed by atoms with Crippen molar-refractivity contribution >= 4 is 17.5 Å². The third kappa shape index (κ3) is 3.84. The molecule has 2 saturated carbocycles. The van der Waals surface area contributed by atoms with Gasteiger partial charge >= 0.3 is 0 Å². The smallest absolute Gasteiger partial charge is 0.253 e. The van der Waals surface area contributed by atoms with Crippen LogP contribution in [0.3, 0.4) is 0 Å². The first-order valence-corrected chi connectivity index (χ1v) is 7.92. The number of hydrogen-bond donors (Lipinski definition) is 2. The van der Waals surface area contributed by atoms with Crippen LogP contribution in [0.15, 0.2) is 24.3 Å². The standard InChI is InChI=1S/C17H22N2O2/c20-16(11-12-5-1-2-6-12)19-15-8-4-3-7-14(15)17(21)18-13-9-10-13/h3-4,7-8,12-13H,1-2,5-6,9-11H2,(H,18,21)(H,19,20). The number of carbonyl (C=O) groups excluding carboxylic acids is 2. The van der Waals surface area contributed by atoms with Gasteiger partial charge in [0.15, 0.2) is 0 Å². The highest BCUT2D eigenvalue weighted by Crippen LogP contribution is 2.28. The Kier molecular flexibility index (Phi) is 4.23. The van der Waals surface area contributed by atoms with Crippen molar-refractivity contribution in [1.82, 2.24) is 5.32 Å². The van der Waals surface area contributed by atoms with Crippen LogP contribution < -0.4 is 10.6 Å². The highest BCUT2D eigenvalue weighted by Gasteiger charge is 2.25. The Balaban J connectivity index is 1.63. The van der Waals surface area contributed by atoms with Crippen LogP contribution in [-0.2, 0) is 4.79 Å². The molecule has 0 unspecified atom stereocenters. The highest BCUT2D eigenvalue weighted by molar-refractivity contribution is 6.03. The van der Waals surface area contributed by atoms with Gasteiger partial charge < -0.3 is 10.6 Å². The zero-order valence-electron chi connectivity index (χ0n) is 12.2. The first-order valence-electron chi connectivity index (χ1n) is 7.92. The Bertz CT molecular complexity index is 531. The van der Waals surface area contributed by atoms with Crippen LogP contribution >= 0.6 is 0 Å². The maximum absolute atomic E-state index is 12.2. The van der Waals surface area contributed by atoms with E-state index in [0.717, 1.165) is 25.7 Å². The van der Waals surface area contributed by atoms with Gasteiger partial charge in [-0.2, -0.15) is 0 Å². The minimum absolute atomic E-state index is 0.0218. The number of benzene rings is 1. The van der Waals surface area contributed by atoms with E-state index in [-0.39, 0.29) is 11.8 Å². The molecule has 3 rings (SSSR count). The second-order valence-corrected chi connectivity index (χ2v) is 6.20. The fraction of sp³-hybridized carbons (Fsp3) is 0.529. The van der Waals surface area contributed by atoms with E-state index in [0.29, 0.717) is 29.6 Å². The molecule has 1 aromatic carbocycles. The van der Waals surface area contributed by atoms with Gasteiger partial charge in [0.2, 0.25) is 5.91 Å². The van der Waals surface area contributed by atoms with Gasteiger partial charge in [0, 0.05) is 12.5 Å². The second-order valence-electron chi connectivity index (χ2n) is 6.20. The Hall–Kier alpha value is -1.84. The van der Waals surface area contributed by atoms with E-state index in [2.05, 4.69) is 10.6 Å². The van der Waals surface area contributed by atoms with Gasteiger partial charge in [-0.05, 0) is 43.7 Å². The molecule has 2 aliphatic carbocycles. The number of rotatable bonds is 5. The number of carbonyl (C=O) groups is 2. The quantitative estimate of drug-likeness (QED) is 0.874. The number of hydrogen-bond acceptors (Lipinski definition) is 2. The third-order valence-electron chi connectivity index (χ3n) is 4.31. The maximum atomic E-state index is 12.2. The summed E-state index contributed by atoms with van der Waals surface area (Å²) in [6.45, 7) is 0. The summed E-state index contributed by atoms with van der Waals surface area (Å²) in [4.78, 5) is 24.3. The molecule has 1 aromatic rings. The van der Waals surface area contributed by atoms with E-state index < -0.39 is 0 Å². The van der Waals surface area contributed by atoms with Crippen LogP contribution in [0.25, 0.3) is 0 Å². The molecule has 2 fully saturated rings. The monoisotopic (exact) mass is 286 g/mol. The number of amides is 2. The van der Waals surface area contributed by atoms with E-state index in [4.69, 9.17) is 0 Å². The summed E-state index contributed by atoms with van der Waals surface area (Å²) >= 11 is 0. The average molecular weight is 286 g/mol. The molecule has 0 saturated heterocycles. The lowest BCUT2D eigenvalue weighted by atomic mass is 10.0. The average Bonchev–Trinajstić information content (AvgIpc) is 3.13. The lowest BCUT2D eigenvalue weighted by Gasteiger charge is -2.13. The summed E-state index contributed by atoms with van der Waals surface area (Å²) in [5.41, 5.74) is 1.18. The van der Waals surface area contributed by atoms with Crippen molar-refractivity contribution < 1.29 is 9.59 Å². The van der Waals surface area contributed by atoms with Crippen LogP contribution in [0.2, 0.25) is 0 Å². The van der Waals surface area contributed by atoms with Crippen molar-refractivity contribution in [3.63, 3.8) is 0 Å². The molecule has 0 radical (unpaired) electrons. The van der Waals surface area contributed by atoms with E-state index in [1.54, 1.807) is 12.1 Å². The first-order chi connectivity index (χ1) is 10.2. The molecule has 4 nitrogen and oxygen atoms in total. The van der Waals surface area contributed by atoms with Crippen LogP contribution in [0.1, 0.15) is 55.3 Å². The molecule has 4 heteroatoms.